The van der Waals surface area contributed by atoms with Crippen molar-refractivity contribution in [3.05, 3.63) is 221 Å². The maximum atomic E-state index is 12.7. The molecule has 13 rings (SSSR count). The molecule has 0 atom stereocenters. The van der Waals surface area contributed by atoms with Gasteiger partial charge < -0.3 is 32.2 Å². The predicted octanol–water partition coefficient (Wildman–Crippen LogP) is 10.9. The Kier molecular flexibility index (Phi) is 17.7. The van der Waals surface area contributed by atoms with Crippen LogP contribution in [0.2, 0.25) is 0 Å². The van der Waals surface area contributed by atoms with E-state index in [0.29, 0.717) is 44.2 Å². The molecule has 0 saturated heterocycles. The monoisotopic (exact) mass is 1170 g/mol. The van der Waals surface area contributed by atoms with Gasteiger partial charge in [-0.3, -0.25) is 30.9 Å². The zero-order chi connectivity index (χ0) is 59.4. The van der Waals surface area contributed by atoms with Gasteiger partial charge in [-0.05, 0) is 117 Å². The summed E-state index contributed by atoms with van der Waals surface area (Å²) >= 11 is 0. The van der Waals surface area contributed by atoms with E-state index in [0.717, 1.165) is 39.6 Å². The van der Waals surface area contributed by atoms with Gasteiger partial charge in [0.1, 0.15) is 50.7 Å². The van der Waals surface area contributed by atoms with Gasteiger partial charge in [0, 0.05) is 16.2 Å². The molecule has 5 heterocycles. The standard InChI is InChI=1S/C16H12O4.C15H9ClO6S.C15H10N2O2.C15H10O4.CH4.H4N2/c1-9-6-7-12-11(8-9)15(17)14-10(16(18)19-2)4-3-5-13(14)20-12;1-21-15(18)9-3-2-4-12-13(9)14(17)10-7-8(23(16,19)20)5-6-11(10)22-12;1-8-5-6-11-10(7-8)14-13-9(15(18)17-16-14)3-2-4-12(13)19-11;1-18-15(17)10-6-4-8-12-13(10)14(16)9-5-2-3-7-11(9)19-12;;1-2/h3-8H,1-2H3;2-7H,1H3;2-7H,1H3,(H,17,18);2-8H,1H3;1H4;1-2H2. The number of nitrogens with two attached hydrogens (primary N) is 2. The highest BCUT2D eigenvalue weighted by Gasteiger charge is 2.24. The second kappa shape index (κ2) is 24.8. The molecule has 426 valence electrons. The van der Waals surface area contributed by atoms with E-state index in [2.05, 4.69) is 26.6 Å². The number of rotatable bonds is 4. The number of H-pyrrole nitrogens is 1. The van der Waals surface area contributed by atoms with Gasteiger partial charge in [-0.25, -0.2) is 27.9 Å². The molecule has 0 aliphatic carbocycles. The summed E-state index contributed by atoms with van der Waals surface area (Å²) in [6.07, 6.45) is 0. The summed E-state index contributed by atoms with van der Waals surface area (Å²) < 4.78 is 59.7. The van der Waals surface area contributed by atoms with Crippen LogP contribution < -0.4 is 38.3 Å². The third-order valence-corrected chi connectivity index (χ3v) is 14.4. The van der Waals surface area contributed by atoms with Crippen molar-refractivity contribution in [2.24, 2.45) is 11.7 Å². The summed E-state index contributed by atoms with van der Waals surface area (Å²) in [6, 6.07) is 41.7. The first kappa shape index (κ1) is 59.8. The lowest BCUT2D eigenvalue weighted by molar-refractivity contribution is 0.0594. The minimum Gasteiger partial charge on any atom is -0.465 e. The largest absolute Gasteiger partial charge is 0.465 e. The van der Waals surface area contributed by atoms with Crippen LogP contribution in [0.1, 0.15) is 49.6 Å². The second-order valence-corrected chi connectivity index (χ2v) is 20.6. The van der Waals surface area contributed by atoms with Crippen molar-refractivity contribution in [1.29, 1.82) is 0 Å². The molecule has 1 aliphatic heterocycles. The van der Waals surface area contributed by atoms with Crippen molar-refractivity contribution in [2.75, 3.05) is 21.3 Å². The maximum absolute atomic E-state index is 12.7. The number of para-hydroxylation sites is 1. The number of aryl methyl sites for hydroxylation is 2. The van der Waals surface area contributed by atoms with Gasteiger partial charge in [0.2, 0.25) is 16.3 Å². The Labute approximate surface area is 479 Å². The highest BCUT2D eigenvalue weighted by Crippen LogP contribution is 2.44. The SMILES string of the molecule is C.COC(=O)c1cccc2oc3ccc(C)cc3c(=O)c12.COC(=O)c1cccc2oc3ccc(S(=O)(=O)Cl)cc3c(=O)c12.COC(=O)c1cccc2oc3ccccc3c(=O)c12.Cc1ccc2c(c1)-c1n[nH]c(=O)c3cccc(c13)O2.NN. The van der Waals surface area contributed by atoms with Gasteiger partial charge in [0.05, 0.1) is 86.0 Å². The number of esters is 3. The molecule has 0 bridgehead atoms. The Balaban J connectivity index is 0.000000144. The number of nitrogens with one attached hydrogen (secondary N) is 1. The summed E-state index contributed by atoms with van der Waals surface area (Å²) in [6.45, 7) is 3.92. The molecule has 0 unspecified atom stereocenters. The lowest BCUT2D eigenvalue weighted by Crippen LogP contribution is -2.12. The fraction of sp³-hybridized carbons (Fsp3) is 0.0968. The zero-order valence-corrected chi connectivity index (χ0v) is 45.9. The number of methoxy groups -OCH3 is 3. The molecule has 20 nitrogen and oxygen atoms in total. The summed E-state index contributed by atoms with van der Waals surface area (Å²) in [5, 5.41) is 9.61. The van der Waals surface area contributed by atoms with Crippen LogP contribution in [-0.2, 0) is 23.3 Å². The highest BCUT2D eigenvalue weighted by molar-refractivity contribution is 8.13. The predicted molar refractivity (Wildman–Crippen MR) is 319 cm³/mol. The van der Waals surface area contributed by atoms with E-state index in [1.807, 2.05) is 50.2 Å². The normalized spacial score (nSPS) is 11.0. The molecule has 0 amide bonds. The second-order valence-electron chi connectivity index (χ2n) is 18.1. The van der Waals surface area contributed by atoms with E-state index in [1.165, 1.54) is 45.6 Å². The van der Waals surface area contributed by atoms with Gasteiger partial charge in [-0.1, -0.05) is 67.1 Å². The van der Waals surface area contributed by atoms with E-state index in [-0.39, 0.29) is 78.1 Å². The van der Waals surface area contributed by atoms with Crippen LogP contribution in [0.15, 0.2) is 189 Å². The average Bonchev–Trinajstić information content (AvgIpc) is 2.98. The number of halogens is 1. The van der Waals surface area contributed by atoms with Gasteiger partial charge in [-0.2, -0.15) is 5.10 Å². The minimum atomic E-state index is -4.00. The van der Waals surface area contributed by atoms with E-state index >= 15 is 0 Å². The molecular formula is C62H49ClN4O16S. The number of carbonyl (C=O) groups excluding carboxylic acids is 3. The van der Waals surface area contributed by atoms with Crippen LogP contribution in [-0.4, -0.2) is 57.9 Å². The summed E-state index contributed by atoms with van der Waals surface area (Å²) in [5.41, 5.74) is 5.26. The number of fused-ring (bicyclic) bond motifs is 8. The number of ether oxygens (including phenoxy) is 4. The fourth-order valence-electron chi connectivity index (χ4n) is 9.24. The van der Waals surface area contributed by atoms with Crippen LogP contribution in [0.3, 0.4) is 0 Å². The molecule has 4 aromatic heterocycles. The van der Waals surface area contributed by atoms with Gasteiger partial charge in [0.15, 0.2) is 0 Å². The smallest absolute Gasteiger partial charge is 0.338 e. The Morgan fingerprint density at radius 1 is 0.488 bits per heavy atom. The van der Waals surface area contributed by atoms with E-state index in [1.54, 1.807) is 84.9 Å². The average molecular weight is 1170 g/mol. The quantitative estimate of drug-likeness (QED) is 0.0368. The Morgan fingerprint density at radius 3 is 1.44 bits per heavy atom. The van der Waals surface area contributed by atoms with Gasteiger partial charge in [-0.15, -0.1) is 0 Å². The molecule has 12 aromatic rings. The molecule has 5 N–H and O–H groups in total. The lowest BCUT2D eigenvalue weighted by atomic mass is 9.99. The van der Waals surface area contributed by atoms with Gasteiger partial charge in [0.25, 0.3) is 14.6 Å². The van der Waals surface area contributed by atoms with Crippen molar-refractivity contribution < 1.29 is 55.0 Å². The van der Waals surface area contributed by atoms with Crippen LogP contribution in [0.5, 0.6) is 11.5 Å². The van der Waals surface area contributed by atoms with Crippen molar-refractivity contribution in [3.8, 4) is 22.8 Å². The number of benzene rings is 8. The van der Waals surface area contributed by atoms with E-state index < -0.39 is 32.4 Å². The number of hydrazine groups is 1. The summed E-state index contributed by atoms with van der Waals surface area (Å²) in [7, 11) is 5.07. The first-order valence-corrected chi connectivity index (χ1v) is 26.9. The zero-order valence-electron chi connectivity index (χ0n) is 44.4. The summed E-state index contributed by atoms with van der Waals surface area (Å²) in [4.78, 5) is 84.7. The van der Waals surface area contributed by atoms with E-state index in [4.69, 9.17) is 38.1 Å². The summed E-state index contributed by atoms with van der Waals surface area (Å²) in [5.74, 6) is 7.67. The fourth-order valence-corrected chi connectivity index (χ4v) is 10.0. The molecule has 1 aliphatic rings. The molecule has 22 heteroatoms. The Bertz CT molecular complexity index is 5000. The molecule has 0 spiro atoms. The number of hydrogen-bond acceptors (Lipinski definition) is 19. The number of aromatic nitrogens is 2. The first-order chi connectivity index (χ1) is 39.9. The van der Waals surface area contributed by atoms with Crippen LogP contribution >= 0.6 is 10.7 Å². The molecule has 8 aromatic carbocycles. The van der Waals surface area contributed by atoms with Crippen molar-refractivity contribution in [1.82, 2.24) is 10.2 Å². The third-order valence-electron chi connectivity index (χ3n) is 13.0. The van der Waals surface area contributed by atoms with Gasteiger partial charge >= 0.3 is 17.9 Å². The van der Waals surface area contributed by atoms with Crippen molar-refractivity contribution in [2.45, 2.75) is 26.2 Å². The molecular weight excluding hydrogens is 1120 g/mol. The van der Waals surface area contributed by atoms with Crippen LogP contribution in [0, 0.1) is 13.8 Å². The van der Waals surface area contributed by atoms with Crippen LogP contribution in [0.25, 0.3) is 87.8 Å². The van der Waals surface area contributed by atoms with Crippen molar-refractivity contribution >= 4 is 114 Å². The topological polar surface area (TPSA) is 311 Å². The molecule has 0 radical (unpaired) electrons. The van der Waals surface area contributed by atoms with Crippen molar-refractivity contribution in [3.63, 3.8) is 0 Å². The number of nitrogens with zero attached hydrogens (tertiary/aromatic N) is 1. The molecule has 84 heavy (non-hydrogen) atoms. The number of aromatic amines is 1. The van der Waals surface area contributed by atoms with E-state index in [9.17, 15) is 42.0 Å². The maximum Gasteiger partial charge on any atom is 0.338 e. The number of hydrogen-bond donors (Lipinski definition) is 3. The highest BCUT2D eigenvalue weighted by atomic mass is 35.7. The molecule has 0 fully saturated rings. The first-order valence-electron chi connectivity index (χ1n) is 24.6. The Hall–Kier alpha value is -10.3. The third kappa shape index (κ3) is 11.5. The molecule has 0 saturated carbocycles. The minimum absolute atomic E-state index is 0. The van der Waals surface area contributed by atoms with Crippen LogP contribution in [0.4, 0.5) is 0 Å². The number of carbonyl (C=O) groups is 3. The Morgan fingerprint density at radius 2 is 0.917 bits per heavy atom. The lowest BCUT2D eigenvalue weighted by Gasteiger charge is -2.19.